The summed E-state index contributed by atoms with van der Waals surface area (Å²) < 4.78 is 0. The van der Waals surface area contributed by atoms with Gasteiger partial charge in [-0.25, -0.2) is 4.98 Å². The number of carbonyl (C=O) groups excluding carboxylic acids is 1. The minimum absolute atomic E-state index is 0.230. The van der Waals surface area contributed by atoms with E-state index < -0.39 is 0 Å². The lowest BCUT2D eigenvalue weighted by Gasteiger charge is -2.35. The SMILES string of the molecule is CCC(=O)N1CCN(c2ccc(Cl)cn2)CC1. The number of hydrogen-bond donors (Lipinski definition) is 0. The fraction of sp³-hybridized carbons (Fsp3) is 0.500. The van der Waals surface area contributed by atoms with Gasteiger partial charge in [0.2, 0.25) is 5.91 Å². The largest absolute Gasteiger partial charge is 0.353 e. The summed E-state index contributed by atoms with van der Waals surface area (Å²) in [5, 5.41) is 0.647. The molecule has 1 saturated heterocycles. The number of hydrogen-bond acceptors (Lipinski definition) is 3. The van der Waals surface area contributed by atoms with Crippen LogP contribution in [0.1, 0.15) is 13.3 Å². The third-order valence-electron chi connectivity index (χ3n) is 2.97. The minimum atomic E-state index is 0.230. The summed E-state index contributed by atoms with van der Waals surface area (Å²) in [6, 6.07) is 3.76. The maximum atomic E-state index is 11.5. The van der Waals surface area contributed by atoms with Crippen molar-refractivity contribution in [2.75, 3.05) is 31.1 Å². The number of anilines is 1. The van der Waals surface area contributed by atoms with Crippen molar-refractivity contribution in [1.82, 2.24) is 9.88 Å². The van der Waals surface area contributed by atoms with Crippen molar-refractivity contribution in [1.29, 1.82) is 0 Å². The highest BCUT2D eigenvalue weighted by molar-refractivity contribution is 6.30. The van der Waals surface area contributed by atoms with Crippen molar-refractivity contribution in [3.05, 3.63) is 23.4 Å². The number of amides is 1. The normalized spacial score (nSPS) is 16.1. The Morgan fingerprint density at radius 3 is 2.59 bits per heavy atom. The van der Waals surface area contributed by atoms with Gasteiger partial charge in [-0.1, -0.05) is 18.5 Å². The van der Waals surface area contributed by atoms with Gasteiger partial charge in [0.05, 0.1) is 5.02 Å². The lowest BCUT2D eigenvalue weighted by atomic mass is 10.3. The van der Waals surface area contributed by atoms with Gasteiger partial charge < -0.3 is 9.80 Å². The molecule has 0 atom stereocenters. The second kappa shape index (κ2) is 5.36. The first-order chi connectivity index (χ1) is 8.20. The summed E-state index contributed by atoms with van der Waals surface area (Å²) in [5.74, 6) is 1.16. The smallest absolute Gasteiger partial charge is 0.222 e. The monoisotopic (exact) mass is 253 g/mol. The number of carbonyl (C=O) groups is 1. The Bertz CT molecular complexity index is 385. The Hall–Kier alpha value is -1.29. The van der Waals surface area contributed by atoms with E-state index in [0.29, 0.717) is 11.4 Å². The zero-order valence-electron chi connectivity index (χ0n) is 9.90. The van der Waals surface area contributed by atoms with Crippen LogP contribution in [0, 0.1) is 0 Å². The van der Waals surface area contributed by atoms with E-state index in [9.17, 15) is 4.79 Å². The standard InChI is InChI=1S/C12H16ClN3O/c1-2-12(17)16-7-5-15(6-8-16)11-4-3-10(13)9-14-11/h3-4,9H,2,5-8H2,1H3. The highest BCUT2D eigenvalue weighted by atomic mass is 35.5. The first kappa shape index (κ1) is 12.2. The number of pyridine rings is 1. The first-order valence-corrected chi connectivity index (χ1v) is 6.23. The first-order valence-electron chi connectivity index (χ1n) is 5.85. The topological polar surface area (TPSA) is 36.4 Å². The highest BCUT2D eigenvalue weighted by Crippen LogP contribution is 2.16. The fourth-order valence-electron chi connectivity index (χ4n) is 1.96. The van der Waals surface area contributed by atoms with Crippen LogP contribution in [0.2, 0.25) is 5.02 Å². The molecule has 0 aromatic carbocycles. The van der Waals surface area contributed by atoms with Crippen LogP contribution in [0.3, 0.4) is 0 Å². The van der Waals surface area contributed by atoms with Gasteiger partial charge in [0, 0.05) is 38.8 Å². The lowest BCUT2D eigenvalue weighted by Crippen LogP contribution is -2.48. The van der Waals surface area contributed by atoms with Gasteiger partial charge in [-0.2, -0.15) is 0 Å². The second-order valence-electron chi connectivity index (χ2n) is 4.06. The Labute approximate surface area is 106 Å². The molecule has 0 radical (unpaired) electrons. The molecule has 1 aromatic heterocycles. The summed E-state index contributed by atoms with van der Waals surface area (Å²) in [6.07, 6.45) is 2.24. The average Bonchev–Trinajstić information content (AvgIpc) is 2.39. The summed E-state index contributed by atoms with van der Waals surface area (Å²) in [6.45, 7) is 5.12. The molecule has 1 fully saturated rings. The summed E-state index contributed by atoms with van der Waals surface area (Å²) in [5.41, 5.74) is 0. The summed E-state index contributed by atoms with van der Waals surface area (Å²) >= 11 is 5.80. The maximum Gasteiger partial charge on any atom is 0.222 e. The zero-order chi connectivity index (χ0) is 12.3. The molecule has 1 aliphatic rings. The Balaban J connectivity index is 1.95. The molecule has 92 valence electrons. The summed E-state index contributed by atoms with van der Waals surface area (Å²) in [7, 11) is 0. The predicted octanol–water partition coefficient (Wildman–Crippen LogP) is 1.79. The van der Waals surface area contributed by atoms with Crippen molar-refractivity contribution >= 4 is 23.3 Å². The third-order valence-corrected chi connectivity index (χ3v) is 3.19. The van der Waals surface area contributed by atoms with Gasteiger partial charge in [0.15, 0.2) is 0 Å². The third kappa shape index (κ3) is 2.88. The molecule has 1 aliphatic heterocycles. The van der Waals surface area contributed by atoms with E-state index in [1.54, 1.807) is 6.20 Å². The van der Waals surface area contributed by atoms with E-state index in [1.165, 1.54) is 0 Å². The molecule has 2 heterocycles. The molecule has 0 bridgehead atoms. The van der Waals surface area contributed by atoms with Crippen molar-refractivity contribution < 1.29 is 4.79 Å². The van der Waals surface area contributed by atoms with Gasteiger partial charge in [0.1, 0.15) is 5.82 Å². The Kier molecular flexibility index (Phi) is 3.84. The number of piperazine rings is 1. The molecule has 0 saturated carbocycles. The van der Waals surface area contributed by atoms with Gasteiger partial charge in [-0.3, -0.25) is 4.79 Å². The van der Waals surface area contributed by atoms with Crippen LogP contribution in [-0.2, 0) is 4.79 Å². The van der Waals surface area contributed by atoms with Crippen LogP contribution in [0.5, 0.6) is 0 Å². The van der Waals surface area contributed by atoms with Gasteiger partial charge in [-0.15, -0.1) is 0 Å². The van der Waals surface area contributed by atoms with E-state index in [2.05, 4.69) is 9.88 Å². The van der Waals surface area contributed by atoms with E-state index >= 15 is 0 Å². The molecule has 1 aromatic rings. The molecule has 17 heavy (non-hydrogen) atoms. The van der Waals surface area contributed by atoms with Crippen LogP contribution >= 0.6 is 11.6 Å². The van der Waals surface area contributed by atoms with E-state index in [-0.39, 0.29) is 5.91 Å². The van der Waals surface area contributed by atoms with E-state index in [1.807, 2.05) is 24.0 Å². The molecule has 0 spiro atoms. The Morgan fingerprint density at radius 2 is 2.06 bits per heavy atom. The van der Waals surface area contributed by atoms with Crippen LogP contribution in [0.4, 0.5) is 5.82 Å². The Morgan fingerprint density at radius 1 is 1.35 bits per heavy atom. The molecule has 4 nitrogen and oxygen atoms in total. The quantitative estimate of drug-likeness (QED) is 0.806. The van der Waals surface area contributed by atoms with Crippen LogP contribution in [-0.4, -0.2) is 42.0 Å². The highest BCUT2D eigenvalue weighted by Gasteiger charge is 2.20. The van der Waals surface area contributed by atoms with Crippen LogP contribution in [0.15, 0.2) is 18.3 Å². The minimum Gasteiger partial charge on any atom is -0.353 e. The van der Waals surface area contributed by atoms with E-state index in [0.717, 1.165) is 32.0 Å². The fourth-order valence-corrected chi connectivity index (χ4v) is 2.08. The van der Waals surface area contributed by atoms with Gasteiger partial charge in [0.25, 0.3) is 0 Å². The predicted molar refractivity (Wildman–Crippen MR) is 68.3 cm³/mol. The van der Waals surface area contributed by atoms with Crippen molar-refractivity contribution in [3.63, 3.8) is 0 Å². The van der Waals surface area contributed by atoms with Gasteiger partial charge in [-0.05, 0) is 12.1 Å². The molecule has 0 N–H and O–H groups in total. The maximum absolute atomic E-state index is 11.5. The molecule has 0 aliphatic carbocycles. The van der Waals surface area contributed by atoms with Crippen molar-refractivity contribution in [2.24, 2.45) is 0 Å². The average molecular weight is 254 g/mol. The number of rotatable bonds is 2. The summed E-state index contributed by atoms with van der Waals surface area (Å²) in [4.78, 5) is 19.9. The van der Waals surface area contributed by atoms with Gasteiger partial charge >= 0.3 is 0 Å². The zero-order valence-corrected chi connectivity index (χ0v) is 10.7. The second-order valence-corrected chi connectivity index (χ2v) is 4.49. The van der Waals surface area contributed by atoms with Crippen molar-refractivity contribution in [2.45, 2.75) is 13.3 Å². The van der Waals surface area contributed by atoms with Crippen LogP contribution in [0.25, 0.3) is 0 Å². The molecule has 1 amide bonds. The van der Waals surface area contributed by atoms with Crippen molar-refractivity contribution in [3.8, 4) is 0 Å². The number of aromatic nitrogens is 1. The lowest BCUT2D eigenvalue weighted by molar-refractivity contribution is -0.131. The van der Waals surface area contributed by atoms with Crippen LogP contribution < -0.4 is 4.90 Å². The molecular weight excluding hydrogens is 238 g/mol. The van der Waals surface area contributed by atoms with E-state index in [4.69, 9.17) is 11.6 Å². The number of nitrogens with zero attached hydrogens (tertiary/aromatic N) is 3. The molecule has 5 heteroatoms. The number of halogens is 1. The molecule has 0 unspecified atom stereocenters. The molecular formula is C12H16ClN3O. The molecule has 2 rings (SSSR count).